The van der Waals surface area contributed by atoms with Gasteiger partial charge in [-0.1, -0.05) is 11.6 Å². The fourth-order valence-corrected chi connectivity index (χ4v) is 1.70. The molecule has 88 valence electrons. The molecule has 2 aromatic rings. The van der Waals surface area contributed by atoms with Crippen molar-refractivity contribution in [3.63, 3.8) is 0 Å². The summed E-state index contributed by atoms with van der Waals surface area (Å²) in [5.41, 5.74) is 6.05. The van der Waals surface area contributed by atoms with E-state index in [2.05, 4.69) is 0 Å². The number of nitrogens with zero attached hydrogens (tertiary/aromatic N) is 1. The average Bonchev–Trinajstić information content (AvgIpc) is 2.28. The van der Waals surface area contributed by atoms with Crippen LogP contribution < -0.4 is 11.3 Å². The van der Waals surface area contributed by atoms with Crippen molar-refractivity contribution in [1.82, 2.24) is 4.57 Å². The molecular formula is C12H10ClFN2O. The molecule has 0 fully saturated rings. The first-order valence-electron chi connectivity index (χ1n) is 4.91. The number of halogens is 2. The van der Waals surface area contributed by atoms with E-state index in [0.717, 1.165) is 0 Å². The Labute approximate surface area is 102 Å². The number of nitrogen functional groups attached to an aromatic ring is 1. The van der Waals surface area contributed by atoms with Gasteiger partial charge in [-0.25, -0.2) is 4.39 Å². The number of nitrogens with two attached hydrogens (primary N) is 1. The molecule has 2 rings (SSSR count). The summed E-state index contributed by atoms with van der Waals surface area (Å²) >= 11 is 5.80. The molecule has 0 bridgehead atoms. The lowest BCUT2D eigenvalue weighted by Crippen LogP contribution is -2.18. The summed E-state index contributed by atoms with van der Waals surface area (Å²) in [6.45, 7) is 0. The highest BCUT2D eigenvalue weighted by atomic mass is 35.5. The zero-order valence-corrected chi connectivity index (χ0v) is 9.83. The highest BCUT2D eigenvalue weighted by molar-refractivity contribution is 6.30. The van der Waals surface area contributed by atoms with Gasteiger partial charge in [0.05, 0.1) is 0 Å². The molecule has 0 unspecified atom stereocenters. The smallest absolute Gasteiger partial charge is 0.252 e. The number of rotatable bonds is 1. The van der Waals surface area contributed by atoms with Gasteiger partial charge in [-0.2, -0.15) is 0 Å². The van der Waals surface area contributed by atoms with Crippen molar-refractivity contribution < 1.29 is 4.39 Å². The molecule has 0 atom stereocenters. The van der Waals surface area contributed by atoms with Crippen molar-refractivity contribution in [2.45, 2.75) is 0 Å². The molecule has 0 aliphatic heterocycles. The van der Waals surface area contributed by atoms with Crippen molar-refractivity contribution >= 4 is 17.4 Å². The second-order valence-corrected chi connectivity index (χ2v) is 4.13. The molecule has 0 saturated carbocycles. The predicted octanol–water partition coefficient (Wildman–Crippen LogP) is 2.43. The molecule has 0 saturated heterocycles. The van der Waals surface area contributed by atoms with Gasteiger partial charge < -0.3 is 5.73 Å². The fourth-order valence-electron chi connectivity index (χ4n) is 1.53. The number of anilines is 1. The Morgan fingerprint density at radius 1 is 1.29 bits per heavy atom. The number of aromatic nitrogens is 1. The first-order valence-corrected chi connectivity index (χ1v) is 5.29. The highest BCUT2D eigenvalue weighted by Gasteiger charge is 2.08. The summed E-state index contributed by atoms with van der Waals surface area (Å²) in [5.74, 6) is -0.172. The van der Waals surface area contributed by atoms with E-state index in [1.165, 1.54) is 34.9 Å². The molecule has 5 heteroatoms. The quantitative estimate of drug-likeness (QED) is 0.847. The van der Waals surface area contributed by atoms with E-state index in [4.69, 9.17) is 17.3 Å². The van der Waals surface area contributed by atoms with Gasteiger partial charge in [-0.05, 0) is 29.8 Å². The van der Waals surface area contributed by atoms with Crippen LogP contribution in [-0.4, -0.2) is 4.57 Å². The number of hydrogen-bond acceptors (Lipinski definition) is 2. The molecule has 0 amide bonds. The molecule has 3 nitrogen and oxygen atoms in total. The van der Waals surface area contributed by atoms with Gasteiger partial charge >= 0.3 is 0 Å². The van der Waals surface area contributed by atoms with Crippen molar-refractivity contribution in [2.75, 3.05) is 5.73 Å². The Kier molecular flexibility index (Phi) is 2.90. The van der Waals surface area contributed by atoms with Crippen LogP contribution in [0.25, 0.3) is 11.1 Å². The largest absolute Gasteiger partial charge is 0.385 e. The van der Waals surface area contributed by atoms with Gasteiger partial charge in [-0.15, -0.1) is 0 Å². The van der Waals surface area contributed by atoms with Gasteiger partial charge in [0.2, 0.25) is 0 Å². The lowest BCUT2D eigenvalue weighted by atomic mass is 10.1. The zero-order valence-electron chi connectivity index (χ0n) is 9.08. The minimum absolute atomic E-state index is 0.266. The van der Waals surface area contributed by atoms with E-state index in [1.807, 2.05) is 0 Å². The molecule has 0 spiro atoms. The lowest BCUT2D eigenvalue weighted by Gasteiger charge is -2.07. The van der Waals surface area contributed by atoms with Crippen LogP contribution in [0.2, 0.25) is 5.02 Å². The molecular weight excluding hydrogens is 243 g/mol. The first kappa shape index (κ1) is 11.7. The minimum atomic E-state index is -0.443. The SMILES string of the molecule is Cn1c(N)cc(-c2cc(Cl)ccc2F)cc1=O. The van der Waals surface area contributed by atoms with Crippen LogP contribution in [0.5, 0.6) is 0 Å². The third-order valence-corrected chi connectivity index (χ3v) is 2.77. The van der Waals surface area contributed by atoms with Crippen LogP contribution in [-0.2, 0) is 7.05 Å². The normalized spacial score (nSPS) is 10.5. The van der Waals surface area contributed by atoms with Gasteiger partial charge in [0.25, 0.3) is 5.56 Å². The van der Waals surface area contributed by atoms with E-state index in [1.54, 1.807) is 7.05 Å². The Balaban J connectivity index is 2.69. The maximum absolute atomic E-state index is 13.6. The topological polar surface area (TPSA) is 48.0 Å². The fraction of sp³-hybridized carbons (Fsp3) is 0.0833. The molecule has 0 aliphatic rings. The maximum Gasteiger partial charge on any atom is 0.252 e. The Morgan fingerprint density at radius 2 is 2.00 bits per heavy atom. The third-order valence-electron chi connectivity index (χ3n) is 2.54. The van der Waals surface area contributed by atoms with E-state index in [0.29, 0.717) is 10.6 Å². The summed E-state index contributed by atoms with van der Waals surface area (Å²) in [5, 5.41) is 0.403. The molecule has 1 aromatic carbocycles. The second-order valence-electron chi connectivity index (χ2n) is 3.69. The van der Waals surface area contributed by atoms with Crippen LogP contribution in [0.3, 0.4) is 0 Å². The summed E-state index contributed by atoms with van der Waals surface area (Å²) in [6.07, 6.45) is 0. The van der Waals surface area contributed by atoms with Gasteiger partial charge in [-0.3, -0.25) is 9.36 Å². The average molecular weight is 253 g/mol. The van der Waals surface area contributed by atoms with Crippen molar-refractivity contribution in [3.05, 3.63) is 51.5 Å². The summed E-state index contributed by atoms with van der Waals surface area (Å²) < 4.78 is 14.9. The molecule has 0 aliphatic carbocycles. The number of hydrogen-bond donors (Lipinski definition) is 1. The Bertz CT molecular complexity index is 637. The summed E-state index contributed by atoms with van der Waals surface area (Å²) in [4.78, 5) is 11.6. The van der Waals surface area contributed by atoms with Crippen LogP contribution in [0, 0.1) is 5.82 Å². The van der Waals surface area contributed by atoms with Crippen LogP contribution >= 0.6 is 11.6 Å². The monoisotopic (exact) mass is 252 g/mol. The van der Waals surface area contributed by atoms with Crippen LogP contribution in [0.15, 0.2) is 35.1 Å². The van der Waals surface area contributed by atoms with Gasteiger partial charge in [0, 0.05) is 23.7 Å². The third kappa shape index (κ3) is 2.17. The minimum Gasteiger partial charge on any atom is -0.385 e. The lowest BCUT2D eigenvalue weighted by molar-refractivity contribution is 0.631. The van der Waals surface area contributed by atoms with Crippen molar-refractivity contribution in [1.29, 1.82) is 0 Å². The number of pyridine rings is 1. The molecule has 1 aromatic heterocycles. The van der Waals surface area contributed by atoms with Crippen molar-refractivity contribution in [3.8, 4) is 11.1 Å². The summed E-state index contributed by atoms with van der Waals surface area (Å²) in [7, 11) is 1.55. The second kappa shape index (κ2) is 4.22. The number of benzene rings is 1. The molecule has 1 heterocycles. The molecule has 17 heavy (non-hydrogen) atoms. The van der Waals surface area contributed by atoms with E-state index < -0.39 is 5.82 Å². The van der Waals surface area contributed by atoms with E-state index in [9.17, 15) is 9.18 Å². The van der Waals surface area contributed by atoms with Crippen LogP contribution in [0.4, 0.5) is 10.2 Å². The molecule has 0 radical (unpaired) electrons. The van der Waals surface area contributed by atoms with E-state index >= 15 is 0 Å². The Hall–Kier alpha value is -1.81. The standard InChI is InChI=1S/C12H10ClFN2O/c1-16-11(15)4-7(5-12(16)17)9-6-8(13)2-3-10(9)14/h2-6H,15H2,1H3. The van der Waals surface area contributed by atoms with Gasteiger partial charge in [0.15, 0.2) is 0 Å². The van der Waals surface area contributed by atoms with Crippen LogP contribution in [0.1, 0.15) is 0 Å². The zero-order chi connectivity index (χ0) is 12.6. The van der Waals surface area contributed by atoms with E-state index in [-0.39, 0.29) is 16.9 Å². The van der Waals surface area contributed by atoms with Crippen molar-refractivity contribution in [2.24, 2.45) is 7.05 Å². The highest BCUT2D eigenvalue weighted by Crippen LogP contribution is 2.26. The maximum atomic E-state index is 13.6. The Morgan fingerprint density at radius 3 is 2.65 bits per heavy atom. The first-order chi connectivity index (χ1) is 7.99. The summed E-state index contributed by atoms with van der Waals surface area (Å²) in [6, 6.07) is 7.03. The predicted molar refractivity (Wildman–Crippen MR) is 66.5 cm³/mol. The molecule has 2 N–H and O–H groups in total. The van der Waals surface area contributed by atoms with Gasteiger partial charge in [0.1, 0.15) is 11.6 Å².